The number of anilines is 1. The first kappa shape index (κ1) is 15.1. The summed E-state index contributed by atoms with van der Waals surface area (Å²) in [5.41, 5.74) is 2.79. The molecule has 0 bridgehead atoms. The SMILES string of the molecule is FCC1CCC(Nc2ccc3ncc(-c4ccncc4)n3n2)CC1. The molecule has 6 heteroatoms. The summed E-state index contributed by atoms with van der Waals surface area (Å²) in [7, 11) is 0. The van der Waals surface area contributed by atoms with Crippen molar-refractivity contribution in [3.8, 4) is 11.3 Å². The number of hydrogen-bond acceptors (Lipinski definition) is 4. The summed E-state index contributed by atoms with van der Waals surface area (Å²) in [5, 5.41) is 8.19. The molecule has 0 spiro atoms. The largest absolute Gasteiger partial charge is 0.366 e. The molecular weight excluding hydrogens is 305 g/mol. The maximum absolute atomic E-state index is 12.7. The molecule has 4 rings (SSSR count). The summed E-state index contributed by atoms with van der Waals surface area (Å²) < 4.78 is 14.6. The lowest BCUT2D eigenvalue weighted by atomic mass is 9.87. The second-order valence-electron chi connectivity index (χ2n) is 6.38. The Morgan fingerprint density at radius 1 is 1.08 bits per heavy atom. The number of imidazole rings is 1. The Labute approximate surface area is 139 Å². The van der Waals surface area contributed by atoms with Crippen LogP contribution in [0, 0.1) is 5.92 Å². The standard InChI is InChI=1S/C18H20FN5/c19-11-13-1-3-15(4-2-13)22-17-5-6-18-21-12-16(24(18)23-17)14-7-9-20-10-8-14/h5-10,12-13,15H,1-4,11H2,(H,22,23). The van der Waals surface area contributed by atoms with Gasteiger partial charge in [-0.15, -0.1) is 5.10 Å². The lowest BCUT2D eigenvalue weighted by Crippen LogP contribution is -2.27. The van der Waals surface area contributed by atoms with Gasteiger partial charge in [0.25, 0.3) is 0 Å². The number of nitrogens with one attached hydrogen (secondary N) is 1. The number of halogens is 1. The number of rotatable bonds is 4. The van der Waals surface area contributed by atoms with Gasteiger partial charge in [0.15, 0.2) is 5.65 Å². The van der Waals surface area contributed by atoms with Gasteiger partial charge in [0.2, 0.25) is 0 Å². The molecule has 0 radical (unpaired) electrons. The number of pyridine rings is 1. The number of hydrogen-bond donors (Lipinski definition) is 1. The monoisotopic (exact) mass is 325 g/mol. The Hall–Kier alpha value is -2.50. The molecule has 3 aromatic rings. The molecule has 3 aromatic heterocycles. The van der Waals surface area contributed by atoms with Gasteiger partial charge in [-0.05, 0) is 55.9 Å². The van der Waals surface area contributed by atoms with E-state index < -0.39 is 0 Å². The fraction of sp³-hybridized carbons (Fsp3) is 0.389. The maximum atomic E-state index is 12.7. The number of aromatic nitrogens is 4. The van der Waals surface area contributed by atoms with Gasteiger partial charge >= 0.3 is 0 Å². The first-order valence-electron chi connectivity index (χ1n) is 8.41. The topological polar surface area (TPSA) is 55.1 Å². The van der Waals surface area contributed by atoms with Gasteiger partial charge in [0.1, 0.15) is 5.82 Å². The van der Waals surface area contributed by atoms with Crippen molar-refractivity contribution >= 4 is 11.5 Å². The zero-order chi connectivity index (χ0) is 16.4. The van der Waals surface area contributed by atoms with Crippen molar-refractivity contribution < 1.29 is 4.39 Å². The van der Waals surface area contributed by atoms with E-state index in [1.54, 1.807) is 12.4 Å². The Morgan fingerprint density at radius 3 is 2.62 bits per heavy atom. The Kier molecular flexibility index (Phi) is 4.11. The molecule has 3 heterocycles. The molecule has 24 heavy (non-hydrogen) atoms. The van der Waals surface area contributed by atoms with Crippen molar-refractivity contribution in [1.29, 1.82) is 0 Å². The summed E-state index contributed by atoms with van der Waals surface area (Å²) >= 11 is 0. The van der Waals surface area contributed by atoms with E-state index in [9.17, 15) is 4.39 Å². The first-order valence-corrected chi connectivity index (χ1v) is 8.41. The van der Waals surface area contributed by atoms with E-state index in [-0.39, 0.29) is 12.6 Å². The van der Waals surface area contributed by atoms with Crippen LogP contribution in [0.15, 0.2) is 42.9 Å². The first-order chi connectivity index (χ1) is 11.8. The van der Waals surface area contributed by atoms with E-state index in [4.69, 9.17) is 5.10 Å². The number of fused-ring (bicyclic) bond motifs is 1. The minimum absolute atomic E-state index is 0.193. The normalized spacial score (nSPS) is 21.0. The predicted molar refractivity (Wildman–Crippen MR) is 91.6 cm³/mol. The van der Waals surface area contributed by atoms with Gasteiger partial charge < -0.3 is 5.32 Å². The lowest BCUT2D eigenvalue weighted by molar-refractivity contribution is 0.270. The van der Waals surface area contributed by atoms with Crippen molar-refractivity contribution in [3.63, 3.8) is 0 Å². The van der Waals surface area contributed by atoms with Crippen LogP contribution in [0.1, 0.15) is 25.7 Å². The quantitative estimate of drug-likeness (QED) is 0.794. The van der Waals surface area contributed by atoms with E-state index in [0.717, 1.165) is 48.4 Å². The highest BCUT2D eigenvalue weighted by Gasteiger charge is 2.21. The fourth-order valence-electron chi connectivity index (χ4n) is 3.34. The van der Waals surface area contributed by atoms with Crippen molar-refractivity contribution in [2.24, 2.45) is 5.92 Å². The van der Waals surface area contributed by atoms with Gasteiger partial charge in [0, 0.05) is 24.0 Å². The van der Waals surface area contributed by atoms with Crippen LogP contribution >= 0.6 is 0 Å². The zero-order valence-corrected chi connectivity index (χ0v) is 13.4. The number of alkyl halides is 1. The van der Waals surface area contributed by atoms with Gasteiger partial charge in [-0.3, -0.25) is 9.37 Å². The van der Waals surface area contributed by atoms with Crippen LogP contribution in [-0.2, 0) is 0 Å². The predicted octanol–water partition coefficient (Wildman–Crippen LogP) is 3.73. The fourth-order valence-corrected chi connectivity index (χ4v) is 3.34. The highest BCUT2D eigenvalue weighted by Crippen LogP contribution is 2.27. The molecule has 0 amide bonds. The zero-order valence-electron chi connectivity index (χ0n) is 13.4. The van der Waals surface area contributed by atoms with Crippen molar-refractivity contribution in [2.75, 3.05) is 12.0 Å². The average Bonchev–Trinajstić information content (AvgIpc) is 3.06. The molecule has 0 atom stereocenters. The van der Waals surface area contributed by atoms with E-state index in [0.29, 0.717) is 6.04 Å². The Morgan fingerprint density at radius 2 is 1.88 bits per heavy atom. The highest BCUT2D eigenvalue weighted by molar-refractivity contribution is 5.63. The van der Waals surface area contributed by atoms with Crippen LogP contribution < -0.4 is 5.32 Å². The molecule has 1 saturated carbocycles. The third-order valence-electron chi connectivity index (χ3n) is 4.76. The summed E-state index contributed by atoms with van der Waals surface area (Å²) in [6.45, 7) is -0.193. The summed E-state index contributed by atoms with van der Waals surface area (Å²) in [6, 6.07) is 8.19. The van der Waals surface area contributed by atoms with Crippen molar-refractivity contribution in [3.05, 3.63) is 42.9 Å². The maximum Gasteiger partial charge on any atom is 0.154 e. The summed E-state index contributed by atoms with van der Waals surface area (Å²) in [6.07, 6.45) is 9.24. The molecule has 5 nitrogen and oxygen atoms in total. The molecule has 1 aliphatic rings. The minimum atomic E-state index is -0.193. The van der Waals surface area contributed by atoms with Crippen LogP contribution in [-0.4, -0.2) is 32.3 Å². The number of nitrogens with zero attached hydrogens (tertiary/aromatic N) is 4. The Balaban J connectivity index is 1.57. The minimum Gasteiger partial charge on any atom is -0.366 e. The van der Waals surface area contributed by atoms with Crippen LogP contribution in [0.25, 0.3) is 16.9 Å². The van der Waals surface area contributed by atoms with Crippen LogP contribution in [0.3, 0.4) is 0 Å². The smallest absolute Gasteiger partial charge is 0.154 e. The molecular formula is C18H20FN5. The summed E-state index contributed by atoms with van der Waals surface area (Å²) in [5.74, 6) is 1.07. The average molecular weight is 325 g/mol. The molecule has 1 aliphatic carbocycles. The van der Waals surface area contributed by atoms with Gasteiger partial charge in [-0.25, -0.2) is 9.50 Å². The molecule has 124 valence electrons. The molecule has 0 saturated heterocycles. The highest BCUT2D eigenvalue weighted by atomic mass is 19.1. The van der Waals surface area contributed by atoms with Gasteiger partial charge in [-0.1, -0.05) is 0 Å². The van der Waals surface area contributed by atoms with E-state index in [2.05, 4.69) is 15.3 Å². The molecule has 1 fully saturated rings. The second kappa shape index (κ2) is 6.55. The molecule has 1 N–H and O–H groups in total. The lowest BCUT2D eigenvalue weighted by Gasteiger charge is -2.27. The van der Waals surface area contributed by atoms with E-state index in [1.807, 2.05) is 35.0 Å². The van der Waals surface area contributed by atoms with Crippen LogP contribution in [0.2, 0.25) is 0 Å². The van der Waals surface area contributed by atoms with E-state index >= 15 is 0 Å². The van der Waals surface area contributed by atoms with Crippen molar-refractivity contribution in [2.45, 2.75) is 31.7 Å². The summed E-state index contributed by atoms with van der Waals surface area (Å²) in [4.78, 5) is 8.47. The molecule has 0 aromatic carbocycles. The Bertz CT molecular complexity index is 809. The third kappa shape index (κ3) is 2.96. The van der Waals surface area contributed by atoms with Crippen LogP contribution in [0.5, 0.6) is 0 Å². The van der Waals surface area contributed by atoms with Crippen LogP contribution in [0.4, 0.5) is 10.2 Å². The van der Waals surface area contributed by atoms with Gasteiger partial charge in [-0.2, -0.15) is 0 Å². The third-order valence-corrected chi connectivity index (χ3v) is 4.76. The molecule has 0 unspecified atom stereocenters. The second-order valence-corrected chi connectivity index (χ2v) is 6.38. The van der Waals surface area contributed by atoms with Crippen molar-refractivity contribution in [1.82, 2.24) is 19.6 Å². The van der Waals surface area contributed by atoms with E-state index in [1.165, 1.54) is 0 Å². The molecule has 0 aliphatic heterocycles. The van der Waals surface area contributed by atoms with Gasteiger partial charge in [0.05, 0.1) is 18.6 Å².